The second-order valence-electron chi connectivity index (χ2n) is 13.5. The van der Waals surface area contributed by atoms with E-state index in [0.29, 0.717) is 37.3 Å². The van der Waals surface area contributed by atoms with E-state index in [2.05, 4.69) is 32.1 Å². The third-order valence-corrected chi connectivity index (χ3v) is 11.1. The summed E-state index contributed by atoms with van der Waals surface area (Å²) in [5, 5.41) is 9.41. The van der Waals surface area contributed by atoms with E-state index < -0.39 is 0 Å². The number of hydrogen-bond donors (Lipinski definition) is 1. The minimum absolute atomic E-state index is 0.0622. The Kier molecular flexibility index (Phi) is 8.83. The van der Waals surface area contributed by atoms with Crippen LogP contribution in [0.5, 0.6) is 0 Å². The molecule has 4 heterocycles. The molecule has 0 radical (unpaired) electrons. The number of nitrogens with zero attached hydrogens (tertiary/aromatic N) is 4. The van der Waals surface area contributed by atoms with Gasteiger partial charge in [0, 0.05) is 51.3 Å². The first-order valence-electron chi connectivity index (χ1n) is 16.5. The quantitative estimate of drug-likeness (QED) is 0.583. The Morgan fingerprint density at radius 2 is 1.56 bits per heavy atom. The van der Waals surface area contributed by atoms with E-state index in [-0.39, 0.29) is 36.0 Å². The van der Waals surface area contributed by atoms with E-state index in [9.17, 15) is 9.59 Å². The van der Waals surface area contributed by atoms with E-state index in [0.717, 1.165) is 45.2 Å². The maximum atomic E-state index is 13.8. The molecule has 2 saturated carbocycles. The molecule has 7 atom stereocenters. The van der Waals surface area contributed by atoms with Gasteiger partial charge in [0.2, 0.25) is 5.91 Å². The van der Waals surface area contributed by atoms with Gasteiger partial charge in [0.15, 0.2) is 0 Å². The predicted octanol–water partition coefficient (Wildman–Crippen LogP) is 3.90. The second-order valence-corrected chi connectivity index (χ2v) is 13.5. The van der Waals surface area contributed by atoms with Gasteiger partial charge in [-0.25, -0.2) is 10.0 Å². The van der Waals surface area contributed by atoms with Crippen LogP contribution >= 0.6 is 0 Å². The van der Waals surface area contributed by atoms with Crippen molar-refractivity contribution < 1.29 is 14.3 Å². The van der Waals surface area contributed by atoms with Gasteiger partial charge in [-0.15, -0.1) is 0 Å². The highest BCUT2D eigenvalue weighted by molar-refractivity contribution is 5.82. The summed E-state index contributed by atoms with van der Waals surface area (Å²) in [5.41, 5.74) is 0. The fraction of sp³-hybridized carbons (Fsp3) is 0.935. The van der Waals surface area contributed by atoms with Crippen LogP contribution in [0.2, 0.25) is 0 Å². The Hall–Kier alpha value is -1.22. The third kappa shape index (κ3) is 5.64. The lowest BCUT2D eigenvalue weighted by atomic mass is 9.73. The maximum Gasteiger partial charge on any atom is 0.252 e. The lowest BCUT2D eigenvalue weighted by Gasteiger charge is -2.57. The van der Waals surface area contributed by atoms with Crippen molar-refractivity contribution in [2.45, 2.75) is 153 Å². The standard InChI is InChI=1S/C31H53N5O3/c1-22-21-33(31(38)29-12-9-19-39-29)28-20-24(13-14-27(28)35(22)23(2)37)26-15-16-30-32-17-18-34(30)36(26)25-10-7-5-3-4-6-8-11-25/h22,24-30,32H,3-21H2,1-2H3/t22-,24?,26?,27?,28?,29?,30?/m0/s1. The Morgan fingerprint density at radius 1 is 0.821 bits per heavy atom. The summed E-state index contributed by atoms with van der Waals surface area (Å²) in [4.78, 5) is 30.9. The summed E-state index contributed by atoms with van der Waals surface area (Å²) in [5.74, 6) is 0.900. The van der Waals surface area contributed by atoms with Crippen LogP contribution < -0.4 is 5.32 Å². The van der Waals surface area contributed by atoms with Crippen LogP contribution in [0, 0.1) is 5.92 Å². The molecule has 6 fully saturated rings. The number of hydrazine groups is 1. The summed E-state index contributed by atoms with van der Waals surface area (Å²) in [6, 6.07) is 1.48. The highest BCUT2D eigenvalue weighted by Gasteiger charge is 2.51. The van der Waals surface area contributed by atoms with Gasteiger partial charge in [0.1, 0.15) is 6.10 Å². The smallest absolute Gasteiger partial charge is 0.252 e. The Bertz CT molecular complexity index is 855. The van der Waals surface area contributed by atoms with Crippen molar-refractivity contribution in [3.05, 3.63) is 0 Å². The van der Waals surface area contributed by atoms with E-state index in [1.54, 1.807) is 6.92 Å². The average Bonchev–Trinajstić information content (AvgIpc) is 3.65. The van der Waals surface area contributed by atoms with Gasteiger partial charge in [0.05, 0.1) is 18.2 Å². The zero-order chi connectivity index (χ0) is 26.9. The molecule has 0 aromatic carbocycles. The largest absolute Gasteiger partial charge is 0.368 e. The number of carbonyl (C=O) groups is 2. The monoisotopic (exact) mass is 543 g/mol. The Labute approximate surface area is 236 Å². The van der Waals surface area contributed by atoms with Crippen LogP contribution in [-0.4, -0.2) is 100 Å². The van der Waals surface area contributed by atoms with Crippen molar-refractivity contribution in [1.82, 2.24) is 25.1 Å². The molecule has 0 aromatic heterocycles. The maximum absolute atomic E-state index is 13.8. The molecule has 1 N–H and O–H groups in total. The van der Waals surface area contributed by atoms with Crippen LogP contribution in [0.4, 0.5) is 0 Å². The van der Waals surface area contributed by atoms with Crippen molar-refractivity contribution in [1.29, 1.82) is 0 Å². The molecule has 8 nitrogen and oxygen atoms in total. The van der Waals surface area contributed by atoms with Crippen molar-refractivity contribution in [3.63, 3.8) is 0 Å². The molecule has 39 heavy (non-hydrogen) atoms. The van der Waals surface area contributed by atoms with E-state index >= 15 is 0 Å². The van der Waals surface area contributed by atoms with Gasteiger partial charge in [0.25, 0.3) is 5.91 Å². The van der Waals surface area contributed by atoms with Crippen LogP contribution in [0.3, 0.4) is 0 Å². The molecule has 220 valence electrons. The summed E-state index contributed by atoms with van der Waals surface area (Å²) < 4.78 is 5.88. The number of piperazine rings is 1. The highest BCUT2D eigenvalue weighted by Crippen LogP contribution is 2.43. The number of amides is 2. The fourth-order valence-corrected chi connectivity index (χ4v) is 9.35. The third-order valence-electron chi connectivity index (χ3n) is 11.1. The molecule has 0 aromatic rings. The first kappa shape index (κ1) is 27.9. The summed E-state index contributed by atoms with van der Waals surface area (Å²) in [6.45, 7) is 7.39. The average molecular weight is 544 g/mol. The molecular weight excluding hydrogens is 490 g/mol. The number of fused-ring (bicyclic) bond motifs is 2. The van der Waals surface area contributed by atoms with E-state index in [4.69, 9.17) is 4.74 Å². The van der Waals surface area contributed by atoms with E-state index in [1.807, 2.05) is 0 Å². The van der Waals surface area contributed by atoms with E-state index in [1.165, 1.54) is 64.2 Å². The molecule has 0 spiro atoms. The van der Waals surface area contributed by atoms with Crippen LogP contribution in [0.1, 0.15) is 110 Å². The molecule has 4 aliphatic heterocycles. The summed E-state index contributed by atoms with van der Waals surface area (Å²) in [6.07, 6.45) is 18.5. The van der Waals surface area contributed by atoms with Gasteiger partial charge >= 0.3 is 0 Å². The Balaban J connectivity index is 1.26. The zero-order valence-corrected chi connectivity index (χ0v) is 24.6. The molecule has 4 saturated heterocycles. The lowest BCUT2D eigenvalue weighted by molar-refractivity contribution is -0.173. The topological polar surface area (TPSA) is 68.4 Å². The number of ether oxygens (including phenoxy) is 1. The number of nitrogens with one attached hydrogen (secondary N) is 1. The van der Waals surface area contributed by atoms with Gasteiger partial charge < -0.3 is 14.5 Å². The molecular formula is C31H53N5O3. The molecule has 2 aliphatic carbocycles. The van der Waals surface area contributed by atoms with Gasteiger partial charge in [-0.1, -0.05) is 38.5 Å². The molecule has 0 bridgehead atoms. The molecule has 6 aliphatic rings. The van der Waals surface area contributed by atoms with Crippen LogP contribution in [0.15, 0.2) is 0 Å². The second kappa shape index (κ2) is 12.3. The molecule has 6 unspecified atom stereocenters. The summed E-state index contributed by atoms with van der Waals surface area (Å²) >= 11 is 0. The minimum Gasteiger partial charge on any atom is -0.368 e. The van der Waals surface area contributed by atoms with Gasteiger partial charge in [-0.3, -0.25) is 14.9 Å². The van der Waals surface area contributed by atoms with Crippen LogP contribution in [0.25, 0.3) is 0 Å². The fourth-order valence-electron chi connectivity index (χ4n) is 9.35. The highest BCUT2D eigenvalue weighted by atomic mass is 16.5. The van der Waals surface area contributed by atoms with Gasteiger partial charge in [-0.05, 0) is 70.6 Å². The lowest BCUT2D eigenvalue weighted by Crippen LogP contribution is -2.69. The predicted molar refractivity (Wildman–Crippen MR) is 152 cm³/mol. The van der Waals surface area contributed by atoms with Crippen molar-refractivity contribution in [2.24, 2.45) is 5.92 Å². The SMILES string of the molecule is CC(=O)N1C2CCC(C3CCC4NCCN4N3C3CCCCCCCC3)CC2N(C(=O)C2CCCO2)C[C@@H]1C. The molecule has 6 rings (SSSR count). The van der Waals surface area contributed by atoms with Gasteiger partial charge in [-0.2, -0.15) is 0 Å². The first-order valence-corrected chi connectivity index (χ1v) is 16.5. The normalized spacial score (nSPS) is 39.5. The zero-order valence-electron chi connectivity index (χ0n) is 24.6. The Morgan fingerprint density at radius 3 is 2.28 bits per heavy atom. The first-order chi connectivity index (χ1) is 19.0. The number of carbonyl (C=O) groups excluding carboxylic acids is 2. The summed E-state index contributed by atoms with van der Waals surface area (Å²) in [7, 11) is 0. The van der Waals surface area contributed by atoms with Crippen molar-refractivity contribution >= 4 is 11.8 Å². The number of hydrogen-bond acceptors (Lipinski definition) is 6. The molecule has 8 heteroatoms. The minimum atomic E-state index is -0.288. The van der Waals surface area contributed by atoms with Crippen molar-refractivity contribution in [3.8, 4) is 0 Å². The van der Waals surface area contributed by atoms with Crippen LogP contribution in [-0.2, 0) is 14.3 Å². The molecule has 2 amide bonds. The van der Waals surface area contributed by atoms with Crippen molar-refractivity contribution in [2.75, 3.05) is 26.2 Å². The number of rotatable bonds is 3.